The van der Waals surface area contributed by atoms with Crippen LogP contribution in [0.4, 0.5) is 0 Å². The molecule has 0 aromatic heterocycles. The summed E-state index contributed by atoms with van der Waals surface area (Å²) in [5, 5.41) is 9.40. The highest BCUT2D eigenvalue weighted by Gasteiger charge is 2.28. The van der Waals surface area contributed by atoms with Crippen molar-refractivity contribution in [2.75, 3.05) is 13.1 Å². The quantitative estimate of drug-likeness (QED) is 0.753. The number of hydrogen-bond donors (Lipinski definition) is 1. The van der Waals surface area contributed by atoms with E-state index in [2.05, 4.69) is 25.7 Å². The van der Waals surface area contributed by atoms with Crippen LogP contribution in [0.25, 0.3) is 0 Å². The molecule has 0 radical (unpaired) electrons. The molecule has 0 amide bonds. The van der Waals surface area contributed by atoms with E-state index in [1.165, 1.54) is 19.4 Å². The average molecular weight is 199 g/mol. The van der Waals surface area contributed by atoms with E-state index in [1.54, 1.807) is 0 Å². The summed E-state index contributed by atoms with van der Waals surface area (Å²) in [6.45, 7) is 11.1. The van der Waals surface area contributed by atoms with Crippen molar-refractivity contribution < 1.29 is 5.11 Å². The number of rotatable bonds is 3. The normalized spacial score (nSPS) is 26.8. The van der Waals surface area contributed by atoms with Gasteiger partial charge in [0.25, 0.3) is 0 Å². The van der Waals surface area contributed by atoms with E-state index < -0.39 is 0 Å². The van der Waals surface area contributed by atoms with Crippen molar-refractivity contribution in [2.24, 2.45) is 5.41 Å². The van der Waals surface area contributed by atoms with Crippen LogP contribution in [0.15, 0.2) is 0 Å². The van der Waals surface area contributed by atoms with Crippen LogP contribution in [0, 0.1) is 5.41 Å². The third kappa shape index (κ3) is 3.97. The number of nitrogens with zero attached hydrogens (tertiary/aromatic N) is 1. The molecule has 2 atom stereocenters. The van der Waals surface area contributed by atoms with Crippen molar-refractivity contribution in [3.8, 4) is 0 Å². The lowest BCUT2D eigenvalue weighted by atomic mass is 9.95. The second-order valence-corrected chi connectivity index (χ2v) is 5.91. The molecule has 0 bridgehead atoms. The summed E-state index contributed by atoms with van der Waals surface area (Å²) in [6, 6.07) is 0.620. The Morgan fingerprint density at radius 1 is 1.43 bits per heavy atom. The smallest absolute Gasteiger partial charge is 0.0527 e. The minimum atomic E-state index is -0.152. The van der Waals surface area contributed by atoms with Crippen LogP contribution >= 0.6 is 0 Å². The lowest BCUT2D eigenvalue weighted by Crippen LogP contribution is -2.37. The Hall–Kier alpha value is -0.0800. The SMILES string of the molecule is CC(O)CC1CCCN1CC(C)(C)C. The lowest BCUT2D eigenvalue weighted by molar-refractivity contribution is 0.113. The molecular weight excluding hydrogens is 174 g/mol. The van der Waals surface area contributed by atoms with E-state index in [1.807, 2.05) is 6.92 Å². The second kappa shape index (κ2) is 4.63. The van der Waals surface area contributed by atoms with Gasteiger partial charge in [-0.25, -0.2) is 0 Å². The minimum absolute atomic E-state index is 0.152. The molecule has 2 nitrogen and oxygen atoms in total. The van der Waals surface area contributed by atoms with E-state index in [4.69, 9.17) is 0 Å². The van der Waals surface area contributed by atoms with Gasteiger partial charge >= 0.3 is 0 Å². The summed E-state index contributed by atoms with van der Waals surface area (Å²) in [4.78, 5) is 2.55. The van der Waals surface area contributed by atoms with Crippen molar-refractivity contribution in [1.29, 1.82) is 0 Å². The van der Waals surface area contributed by atoms with Gasteiger partial charge in [-0.15, -0.1) is 0 Å². The van der Waals surface area contributed by atoms with Crippen molar-refractivity contribution in [2.45, 2.75) is 59.1 Å². The summed E-state index contributed by atoms with van der Waals surface area (Å²) < 4.78 is 0. The molecule has 1 N–H and O–H groups in total. The highest BCUT2D eigenvalue weighted by Crippen LogP contribution is 2.26. The molecule has 2 unspecified atom stereocenters. The third-order valence-corrected chi connectivity index (χ3v) is 2.79. The molecule has 0 spiro atoms. The Kier molecular flexibility index (Phi) is 3.96. The molecule has 1 heterocycles. The van der Waals surface area contributed by atoms with Gasteiger partial charge in [0.15, 0.2) is 0 Å². The fourth-order valence-electron chi connectivity index (χ4n) is 2.37. The van der Waals surface area contributed by atoms with Crippen LogP contribution in [0.3, 0.4) is 0 Å². The maximum absolute atomic E-state index is 9.40. The van der Waals surface area contributed by atoms with E-state index in [0.717, 1.165) is 13.0 Å². The predicted octanol–water partition coefficient (Wildman–Crippen LogP) is 2.27. The Balaban J connectivity index is 2.43. The molecule has 1 aliphatic rings. The standard InChI is InChI=1S/C12H25NO/c1-10(14)8-11-6-5-7-13(11)9-12(2,3)4/h10-11,14H,5-9H2,1-4H3. The Morgan fingerprint density at radius 3 is 2.57 bits per heavy atom. The molecule has 2 heteroatoms. The zero-order valence-corrected chi connectivity index (χ0v) is 10.1. The molecule has 84 valence electrons. The van der Waals surface area contributed by atoms with Crippen LogP contribution in [0.2, 0.25) is 0 Å². The number of likely N-dealkylation sites (tertiary alicyclic amines) is 1. The fourth-order valence-corrected chi connectivity index (χ4v) is 2.37. The van der Waals surface area contributed by atoms with E-state index >= 15 is 0 Å². The van der Waals surface area contributed by atoms with Gasteiger partial charge in [-0.2, -0.15) is 0 Å². The largest absolute Gasteiger partial charge is 0.393 e. The highest BCUT2D eigenvalue weighted by atomic mass is 16.3. The first-order valence-electron chi connectivity index (χ1n) is 5.80. The number of hydrogen-bond acceptors (Lipinski definition) is 2. The van der Waals surface area contributed by atoms with Crippen LogP contribution in [-0.4, -0.2) is 35.2 Å². The minimum Gasteiger partial charge on any atom is -0.393 e. The van der Waals surface area contributed by atoms with Gasteiger partial charge in [-0.1, -0.05) is 20.8 Å². The second-order valence-electron chi connectivity index (χ2n) is 5.91. The monoisotopic (exact) mass is 199 g/mol. The Bertz CT molecular complexity index is 172. The number of aliphatic hydroxyl groups excluding tert-OH is 1. The molecular formula is C12H25NO. The van der Waals surface area contributed by atoms with Gasteiger partial charge in [-0.3, -0.25) is 4.90 Å². The highest BCUT2D eigenvalue weighted by molar-refractivity contribution is 4.83. The molecule has 1 rings (SSSR count). The van der Waals surface area contributed by atoms with E-state index in [0.29, 0.717) is 11.5 Å². The first-order valence-corrected chi connectivity index (χ1v) is 5.80. The average Bonchev–Trinajstić information content (AvgIpc) is 2.32. The maximum atomic E-state index is 9.40. The topological polar surface area (TPSA) is 23.5 Å². The van der Waals surface area contributed by atoms with E-state index in [9.17, 15) is 5.11 Å². The van der Waals surface area contributed by atoms with Gasteiger partial charge in [0.2, 0.25) is 0 Å². The summed E-state index contributed by atoms with van der Waals surface area (Å²) in [6.07, 6.45) is 3.35. The molecule has 0 aromatic carbocycles. The van der Waals surface area contributed by atoms with Gasteiger partial charge in [0, 0.05) is 12.6 Å². The van der Waals surface area contributed by atoms with Gasteiger partial charge in [0.05, 0.1) is 6.10 Å². The van der Waals surface area contributed by atoms with Crippen molar-refractivity contribution in [1.82, 2.24) is 4.90 Å². The van der Waals surface area contributed by atoms with Crippen LogP contribution in [0.5, 0.6) is 0 Å². The van der Waals surface area contributed by atoms with Crippen LogP contribution in [0.1, 0.15) is 47.0 Å². The molecule has 0 aromatic rings. The summed E-state index contributed by atoms with van der Waals surface area (Å²) in [5.41, 5.74) is 0.376. The third-order valence-electron chi connectivity index (χ3n) is 2.79. The summed E-state index contributed by atoms with van der Waals surface area (Å²) in [5.74, 6) is 0. The molecule has 14 heavy (non-hydrogen) atoms. The molecule has 0 aliphatic carbocycles. The van der Waals surface area contributed by atoms with Gasteiger partial charge < -0.3 is 5.11 Å². The first-order chi connectivity index (χ1) is 6.38. The zero-order chi connectivity index (χ0) is 10.8. The van der Waals surface area contributed by atoms with Crippen molar-refractivity contribution in [3.05, 3.63) is 0 Å². The molecule has 1 aliphatic heterocycles. The fraction of sp³-hybridized carbons (Fsp3) is 1.00. The Labute approximate surface area is 88.3 Å². The van der Waals surface area contributed by atoms with Crippen LogP contribution < -0.4 is 0 Å². The maximum Gasteiger partial charge on any atom is 0.0527 e. The van der Waals surface area contributed by atoms with E-state index in [-0.39, 0.29) is 6.10 Å². The zero-order valence-electron chi connectivity index (χ0n) is 10.1. The summed E-state index contributed by atoms with van der Waals surface area (Å²) in [7, 11) is 0. The lowest BCUT2D eigenvalue weighted by Gasteiger charge is -2.31. The number of aliphatic hydroxyl groups is 1. The van der Waals surface area contributed by atoms with Crippen LogP contribution in [-0.2, 0) is 0 Å². The van der Waals surface area contributed by atoms with Gasteiger partial charge in [-0.05, 0) is 38.1 Å². The molecule has 1 saturated heterocycles. The predicted molar refractivity (Wildman–Crippen MR) is 60.3 cm³/mol. The molecule has 0 saturated carbocycles. The Morgan fingerprint density at radius 2 is 2.07 bits per heavy atom. The summed E-state index contributed by atoms with van der Waals surface area (Å²) >= 11 is 0. The van der Waals surface area contributed by atoms with Crippen molar-refractivity contribution in [3.63, 3.8) is 0 Å². The van der Waals surface area contributed by atoms with Crippen molar-refractivity contribution >= 4 is 0 Å². The molecule has 1 fully saturated rings. The van der Waals surface area contributed by atoms with Gasteiger partial charge in [0.1, 0.15) is 0 Å². The first kappa shape index (κ1) is 12.0.